The number of carbonyl (C=O) groups excluding carboxylic acids is 1. The van der Waals surface area contributed by atoms with Gasteiger partial charge in [-0.1, -0.05) is 12.1 Å². The molecule has 0 aromatic heterocycles. The van der Waals surface area contributed by atoms with E-state index in [-0.39, 0.29) is 18.0 Å². The molecule has 0 N–H and O–H groups in total. The first kappa shape index (κ1) is 14.2. The van der Waals surface area contributed by atoms with Crippen LogP contribution in [0.2, 0.25) is 0 Å². The molecule has 0 aliphatic rings. The summed E-state index contributed by atoms with van der Waals surface area (Å²) in [5.74, 6) is 0.0203. The highest BCUT2D eigenvalue weighted by Crippen LogP contribution is 2.28. The summed E-state index contributed by atoms with van der Waals surface area (Å²) >= 11 is 0. The first-order valence-corrected chi connectivity index (χ1v) is 5.99. The first-order valence-electron chi connectivity index (χ1n) is 5.99. The number of nitrogens with zero attached hydrogens (tertiary/aromatic N) is 2. The van der Waals surface area contributed by atoms with Crippen molar-refractivity contribution in [1.29, 1.82) is 5.26 Å². The van der Waals surface area contributed by atoms with Crippen LogP contribution in [0.15, 0.2) is 42.5 Å². The number of nitro benzene ring substituents is 1. The average Bonchev–Trinajstić information content (AvgIpc) is 2.52. The minimum Gasteiger partial charge on any atom is -0.482 e. The van der Waals surface area contributed by atoms with Gasteiger partial charge in [-0.2, -0.15) is 5.26 Å². The molecule has 0 saturated carbocycles. The molecule has 6 heteroatoms. The molecule has 0 atom stereocenters. The van der Waals surface area contributed by atoms with Crippen LogP contribution in [-0.4, -0.2) is 11.2 Å². The molecule has 0 spiro atoms. The van der Waals surface area contributed by atoms with Gasteiger partial charge >= 0.3 is 5.69 Å². The van der Waals surface area contributed by atoms with E-state index in [0.29, 0.717) is 23.0 Å². The highest BCUT2D eigenvalue weighted by atomic mass is 16.6. The fourth-order valence-corrected chi connectivity index (χ4v) is 1.76. The number of benzene rings is 2. The third-order valence-corrected chi connectivity index (χ3v) is 2.77. The number of hydrogen-bond donors (Lipinski definition) is 0. The van der Waals surface area contributed by atoms with Gasteiger partial charge in [0.05, 0.1) is 16.6 Å². The highest BCUT2D eigenvalue weighted by Gasteiger charge is 2.15. The summed E-state index contributed by atoms with van der Waals surface area (Å²) in [5.41, 5.74) is 1.27. The van der Waals surface area contributed by atoms with Gasteiger partial charge in [-0.25, -0.2) is 0 Å². The Morgan fingerprint density at radius 2 is 2.10 bits per heavy atom. The van der Waals surface area contributed by atoms with Crippen molar-refractivity contribution in [2.45, 2.75) is 6.61 Å². The number of rotatable bonds is 5. The normalized spacial score (nSPS) is 9.67. The topological polar surface area (TPSA) is 93.2 Å². The van der Waals surface area contributed by atoms with Crippen molar-refractivity contribution in [1.82, 2.24) is 0 Å². The van der Waals surface area contributed by atoms with Crippen molar-refractivity contribution in [3.63, 3.8) is 0 Å². The Hall–Kier alpha value is -3.20. The van der Waals surface area contributed by atoms with Crippen molar-refractivity contribution in [3.8, 4) is 11.8 Å². The molecule has 2 rings (SSSR count). The van der Waals surface area contributed by atoms with Gasteiger partial charge in [0.15, 0.2) is 5.75 Å². The summed E-state index contributed by atoms with van der Waals surface area (Å²) in [5, 5.41) is 19.7. The van der Waals surface area contributed by atoms with Crippen molar-refractivity contribution in [2.75, 3.05) is 0 Å². The molecule has 0 aliphatic heterocycles. The van der Waals surface area contributed by atoms with E-state index in [1.165, 1.54) is 18.2 Å². The molecule has 21 heavy (non-hydrogen) atoms. The number of aldehydes is 1. The summed E-state index contributed by atoms with van der Waals surface area (Å²) in [4.78, 5) is 21.1. The lowest BCUT2D eigenvalue weighted by Crippen LogP contribution is -2.00. The number of nitro groups is 1. The predicted octanol–water partition coefficient (Wildman–Crippen LogP) is 2.86. The SMILES string of the molecule is N#Cc1cccc(COc2cc(C=O)ccc2[N+](=O)[O-])c1. The highest BCUT2D eigenvalue weighted by molar-refractivity contribution is 5.76. The quantitative estimate of drug-likeness (QED) is 0.477. The maximum atomic E-state index is 10.9. The van der Waals surface area contributed by atoms with Crippen LogP contribution in [0.3, 0.4) is 0 Å². The van der Waals surface area contributed by atoms with Crippen LogP contribution in [0.5, 0.6) is 5.75 Å². The van der Waals surface area contributed by atoms with E-state index in [1.54, 1.807) is 24.3 Å². The lowest BCUT2D eigenvalue weighted by atomic mass is 10.1. The largest absolute Gasteiger partial charge is 0.482 e. The van der Waals surface area contributed by atoms with Crippen LogP contribution in [-0.2, 0) is 6.61 Å². The Labute approximate surface area is 120 Å². The molecule has 0 aliphatic carbocycles. The van der Waals surface area contributed by atoms with E-state index < -0.39 is 4.92 Å². The zero-order valence-corrected chi connectivity index (χ0v) is 10.9. The number of hydrogen-bond acceptors (Lipinski definition) is 5. The van der Waals surface area contributed by atoms with Gasteiger partial charge in [0.1, 0.15) is 12.9 Å². The Balaban J connectivity index is 2.24. The van der Waals surface area contributed by atoms with E-state index in [1.807, 2.05) is 6.07 Å². The minimum atomic E-state index is -0.574. The Bertz CT molecular complexity index is 735. The van der Waals surface area contributed by atoms with Gasteiger partial charge in [0, 0.05) is 11.6 Å². The molecule has 2 aromatic rings. The second-order valence-electron chi connectivity index (χ2n) is 4.20. The van der Waals surface area contributed by atoms with Crippen molar-refractivity contribution in [2.24, 2.45) is 0 Å². The zero-order chi connectivity index (χ0) is 15.2. The van der Waals surface area contributed by atoms with Crippen molar-refractivity contribution in [3.05, 3.63) is 69.3 Å². The van der Waals surface area contributed by atoms with Gasteiger partial charge in [-0.15, -0.1) is 0 Å². The molecule has 0 saturated heterocycles. The summed E-state index contributed by atoms with van der Waals surface area (Å²) in [6.45, 7) is 0.0681. The molecule has 104 valence electrons. The fraction of sp³-hybridized carbons (Fsp3) is 0.0667. The van der Waals surface area contributed by atoms with E-state index in [2.05, 4.69) is 0 Å². The summed E-state index contributed by atoms with van der Waals surface area (Å²) in [6.07, 6.45) is 0.590. The van der Waals surface area contributed by atoms with Crippen LogP contribution in [0.1, 0.15) is 21.5 Å². The second kappa shape index (κ2) is 6.30. The van der Waals surface area contributed by atoms with Gasteiger partial charge < -0.3 is 4.74 Å². The maximum Gasteiger partial charge on any atom is 0.310 e. The molecule has 0 bridgehead atoms. The monoisotopic (exact) mass is 282 g/mol. The van der Waals surface area contributed by atoms with Crippen molar-refractivity contribution >= 4 is 12.0 Å². The average molecular weight is 282 g/mol. The standard InChI is InChI=1S/C15H10N2O4/c16-8-11-2-1-3-13(6-11)10-21-15-7-12(9-18)4-5-14(15)17(19)20/h1-7,9H,10H2. The molecule has 0 heterocycles. The lowest BCUT2D eigenvalue weighted by molar-refractivity contribution is -0.385. The van der Waals surface area contributed by atoms with Gasteiger partial charge in [-0.05, 0) is 29.8 Å². The second-order valence-corrected chi connectivity index (χ2v) is 4.20. The lowest BCUT2D eigenvalue weighted by Gasteiger charge is -2.07. The molecular formula is C15H10N2O4. The van der Waals surface area contributed by atoms with E-state index in [9.17, 15) is 14.9 Å². The third kappa shape index (κ3) is 3.42. The fourth-order valence-electron chi connectivity index (χ4n) is 1.76. The molecule has 0 radical (unpaired) electrons. The van der Waals surface area contributed by atoms with E-state index in [4.69, 9.17) is 10.00 Å². The molecule has 0 amide bonds. The Morgan fingerprint density at radius 3 is 2.76 bits per heavy atom. The van der Waals surface area contributed by atoms with E-state index in [0.717, 1.165) is 0 Å². The van der Waals surface area contributed by atoms with Gasteiger partial charge in [0.25, 0.3) is 0 Å². The molecule has 6 nitrogen and oxygen atoms in total. The van der Waals surface area contributed by atoms with Crippen LogP contribution >= 0.6 is 0 Å². The molecular weight excluding hydrogens is 272 g/mol. The predicted molar refractivity (Wildman–Crippen MR) is 74.0 cm³/mol. The Morgan fingerprint density at radius 1 is 1.29 bits per heavy atom. The summed E-state index contributed by atoms with van der Waals surface area (Å²) < 4.78 is 5.42. The van der Waals surface area contributed by atoms with Gasteiger partial charge in [0.2, 0.25) is 0 Å². The van der Waals surface area contributed by atoms with Gasteiger partial charge in [-0.3, -0.25) is 14.9 Å². The summed E-state index contributed by atoms with van der Waals surface area (Å²) in [6, 6.07) is 12.6. The molecule has 2 aromatic carbocycles. The van der Waals surface area contributed by atoms with Crippen LogP contribution in [0.25, 0.3) is 0 Å². The Kier molecular flexibility index (Phi) is 4.26. The molecule has 0 fully saturated rings. The third-order valence-electron chi connectivity index (χ3n) is 2.77. The van der Waals surface area contributed by atoms with Crippen molar-refractivity contribution < 1.29 is 14.5 Å². The number of ether oxygens (including phenoxy) is 1. The van der Waals surface area contributed by atoms with Crippen LogP contribution in [0, 0.1) is 21.4 Å². The van der Waals surface area contributed by atoms with Crippen LogP contribution < -0.4 is 4.74 Å². The summed E-state index contributed by atoms with van der Waals surface area (Å²) in [7, 11) is 0. The number of carbonyl (C=O) groups is 1. The first-order chi connectivity index (χ1) is 10.1. The molecule has 0 unspecified atom stereocenters. The van der Waals surface area contributed by atoms with E-state index >= 15 is 0 Å². The number of nitriles is 1. The smallest absolute Gasteiger partial charge is 0.310 e. The zero-order valence-electron chi connectivity index (χ0n) is 10.9. The minimum absolute atomic E-state index is 0.0203. The maximum absolute atomic E-state index is 10.9. The van der Waals surface area contributed by atoms with Crippen LogP contribution in [0.4, 0.5) is 5.69 Å².